The van der Waals surface area contributed by atoms with E-state index >= 15 is 0 Å². The van der Waals surface area contributed by atoms with Crippen molar-refractivity contribution in [3.8, 4) is 5.75 Å². The molecule has 1 aromatic carbocycles. The average Bonchev–Trinajstić information content (AvgIpc) is 2.91. The van der Waals surface area contributed by atoms with Gasteiger partial charge in [0.05, 0.1) is 11.5 Å². The largest absolute Gasteiger partial charge is 0.494 e. The Labute approximate surface area is 132 Å². The molecule has 2 N–H and O–H groups in total. The van der Waals surface area contributed by atoms with Gasteiger partial charge >= 0.3 is 5.97 Å². The molecule has 5 nitrogen and oxygen atoms in total. The number of ether oxygens (including phenoxy) is 1. The third-order valence-electron chi connectivity index (χ3n) is 2.98. The zero-order valence-electron chi connectivity index (χ0n) is 12.2. The molecular weight excluding hydrogens is 302 g/mol. The van der Waals surface area contributed by atoms with E-state index in [0.717, 1.165) is 5.56 Å². The van der Waals surface area contributed by atoms with Crippen LogP contribution in [0.25, 0.3) is 0 Å². The van der Waals surface area contributed by atoms with Crippen LogP contribution in [0.3, 0.4) is 0 Å². The minimum absolute atomic E-state index is 0.0916. The minimum Gasteiger partial charge on any atom is -0.494 e. The Hall–Kier alpha value is -2.34. The van der Waals surface area contributed by atoms with E-state index in [0.29, 0.717) is 29.3 Å². The fraction of sp³-hybridized carbons (Fsp3) is 0.250. The van der Waals surface area contributed by atoms with Crippen molar-refractivity contribution < 1.29 is 19.4 Å². The number of carboxylic acids is 1. The molecule has 0 bridgehead atoms. The predicted molar refractivity (Wildman–Crippen MR) is 85.8 cm³/mol. The number of hydrogen-bond donors (Lipinski definition) is 2. The van der Waals surface area contributed by atoms with E-state index in [9.17, 15) is 9.59 Å². The lowest BCUT2D eigenvalue weighted by molar-refractivity contribution is -0.137. The first kappa shape index (κ1) is 16.0. The number of amides is 1. The average molecular weight is 319 g/mol. The molecule has 1 aromatic heterocycles. The highest BCUT2D eigenvalue weighted by molar-refractivity contribution is 7.12. The maximum Gasteiger partial charge on any atom is 0.303 e. The highest BCUT2D eigenvalue weighted by atomic mass is 32.1. The zero-order valence-corrected chi connectivity index (χ0v) is 13.0. The molecule has 0 aliphatic carbocycles. The zero-order chi connectivity index (χ0) is 15.9. The van der Waals surface area contributed by atoms with E-state index in [1.165, 1.54) is 11.3 Å². The van der Waals surface area contributed by atoms with Gasteiger partial charge in [-0.05, 0) is 54.6 Å². The van der Waals surface area contributed by atoms with Gasteiger partial charge in [0.15, 0.2) is 0 Å². The fourth-order valence-corrected chi connectivity index (χ4v) is 2.66. The Balaban J connectivity index is 1.85. The third-order valence-corrected chi connectivity index (χ3v) is 4.00. The lowest BCUT2D eigenvalue weighted by atomic mass is 10.2. The molecule has 0 saturated heterocycles. The molecule has 0 saturated carbocycles. The number of carboxylic acid groups (broad SMARTS) is 1. The van der Waals surface area contributed by atoms with E-state index in [1.54, 1.807) is 24.3 Å². The van der Waals surface area contributed by atoms with Gasteiger partial charge < -0.3 is 15.2 Å². The quantitative estimate of drug-likeness (QED) is 0.765. The molecule has 0 spiro atoms. The lowest BCUT2D eigenvalue weighted by Gasteiger charge is -2.08. The number of nitrogens with one attached hydrogen (secondary N) is 1. The van der Waals surface area contributed by atoms with Crippen LogP contribution in [-0.2, 0) is 4.79 Å². The molecule has 0 radical (unpaired) electrons. The monoisotopic (exact) mass is 319 g/mol. The molecule has 116 valence electrons. The van der Waals surface area contributed by atoms with Gasteiger partial charge in [-0.1, -0.05) is 0 Å². The first-order chi connectivity index (χ1) is 10.6. The SMILES string of the molecule is Cc1ccsc1C(=O)Nc1ccc(OCCCC(=O)O)cc1. The molecule has 6 heteroatoms. The number of aryl methyl sites for hydroxylation is 1. The van der Waals surface area contributed by atoms with Crippen molar-refractivity contribution in [3.05, 3.63) is 46.2 Å². The number of rotatable bonds is 7. The Bertz CT molecular complexity index is 648. The van der Waals surface area contributed by atoms with Gasteiger partial charge in [0.1, 0.15) is 5.75 Å². The van der Waals surface area contributed by atoms with Crippen molar-refractivity contribution in [2.75, 3.05) is 11.9 Å². The standard InChI is InChI=1S/C16H17NO4S/c1-11-8-10-22-15(11)16(20)17-12-4-6-13(7-5-12)21-9-2-3-14(18)19/h4-8,10H,2-3,9H2,1H3,(H,17,20)(H,18,19). The first-order valence-corrected chi connectivity index (χ1v) is 7.74. The van der Waals surface area contributed by atoms with Crippen LogP contribution < -0.4 is 10.1 Å². The van der Waals surface area contributed by atoms with Crippen molar-refractivity contribution in [3.63, 3.8) is 0 Å². The van der Waals surface area contributed by atoms with Crippen molar-refractivity contribution in [1.29, 1.82) is 0 Å². The van der Waals surface area contributed by atoms with Crippen molar-refractivity contribution in [2.45, 2.75) is 19.8 Å². The molecule has 0 unspecified atom stereocenters. The highest BCUT2D eigenvalue weighted by Crippen LogP contribution is 2.20. The maximum atomic E-state index is 12.1. The van der Waals surface area contributed by atoms with Crippen LogP contribution in [0.4, 0.5) is 5.69 Å². The second kappa shape index (κ2) is 7.61. The van der Waals surface area contributed by atoms with E-state index in [1.807, 2.05) is 18.4 Å². The predicted octanol–water partition coefficient (Wildman–Crippen LogP) is 3.55. The maximum absolute atomic E-state index is 12.1. The Morgan fingerprint density at radius 1 is 1.23 bits per heavy atom. The summed E-state index contributed by atoms with van der Waals surface area (Å²) >= 11 is 1.41. The summed E-state index contributed by atoms with van der Waals surface area (Å²) in [6, 6.07) is 8.92. The Morgan fingerprint density at radius 3 is 2.55 bits per heavy atom. The van der Waals surface area contributed by atoms with E-state index < -0.39 is 5.97 Å². The van der Waals surface area contributed by atoms with Gasteiger partial charge in [0, 0.05) is 12.1 Å². The Kier molecular flexibility index (Phi) is 5.55. The second-order valence-electron chi connectivity index (χ2n) is 4.76. The summed E-state index contributed by atoms with van der Waals surface area (Å²) in [5.74, 6) is -0.302. The first-order valence-electron chi connectivity index (χ1n) is 6.86. The van der Waals surface area contributed by atoms with Crippen LogP contribution in [0.15, 0.2) is 35.7 Å². The van der Waals surface area contributed by atoms with Crippen LogP contribution >= 0.6 is 11.3 Å². The highest BCUT2D eigenvalue weighted by Gasteiger charge is 2.10. The molecule has 0 fully saturated rings. The van der Waals surface area contributed by atoms with Gasteiger partial charge in [-0.15, -0.1) is 11.3 Å². The van der Waals surface area contributed by atoms with Crippen molar-refractivity contribution in [1.82, 2.24) is 0 Å². The number of aliphatic carboxylic acids is 1. The number of carbonyl (C=O) groups is 2. The summed E-state index contributed by atoms with van der Waals surface area (Å²) in [6.07, 6.45) is 0.555. The molecule has 22 heavy (non-hydrogen) atoms. The van der Waals surface area contributed by atoms with Crippen LogP contribution in [0, 0.1) is 6.92 Å². The summed E-state index contributed by atoms with van der Waals surface area (Å²) in [5.41, 5.74) is 1.65. The van der Waals surface area contributed by atoms with Crippen LogP contribution in [0.1, 0.15) is 28.1 Å². The molecule has 0 aliphatic heterocycles. The topological polar surface area (TPSA) is 75.6 Å². The van der Waals surface area contributed by atoms with Gasteiger partial charge in [0.2, 0.25) is 0 Å². The summed E-state index contributed by atoms with van der Waals surface area (Å²) < 4.78 is 5.43. The van der Waals surface area contributed by atoms with Gasteiger partial charge in [-0.3, -0.25) is 9.59 Å². The Morgan fingerprint density at radius 2 is 1.95 bits per heavy atom. The molecule has 0 atom stereocenters. The van der Waals surface area contributed by atoms with Gasteiger partial charge in [0.25, 0.3) is 5.91 Å². The molecule has 1 amide bonds. The van der Waals surface area contributed by atoms with E-state index in [2.05, 4.69) is 5.32 Å². The van der Waals surface area contributed by atoms with E-state index in [4.69, 9.17) is 9.84 Å². The molecule has 2 aromatic rings. The number of hydrogen-bond acceptors (Lipinski definition) is 4. The van der Waals surface area contributed by atoms with Crippen molar-refractivity contribution >= 4 is 28.9 Å². The number of benzene rings is 1. The smallest absolute Gasteiger partial charge is 0.303 e. The van der Waals surface area contributed by atoms with Crippen LogP contribution in [-0.4, -0.2) is 23.6 Å². The van der Waals surface area contributed by atoms with E-state index in [-0.39, 0.29) is 12.3 Å². The normalized spacial score (nSPS) is 10.2. The number of carbonyl (C=O) groups excluding carboxylic acids is 1. The summed E-state index contributed by atoms with van der Waals surface area (Å²) in [6.45, 7) is 2.26. The molecule has 2 rings (SSSR count). The van der Waals surface area contributed by atoms with Crippen molar-refractivity contribution in [2.24, 2.45) is 0 Å². The summed E-state index contributed by atoms with van der Waals surface area (Å²) in [4.78, 5) is 23.2. The second-order valence-corrected chi connectivity index (χ2v) is 5.67. The number of anilines is 1. The molecule has 0 aliphatic rings. The fourth-order valence-electron chi connectivity index (χ4n) is 1.84. The summed E-state index contributed by atoms with van der Waals surface area (Å²) in [5, 5.41) is 13.3. The summed E-state index contributed by atoms with van der Waals surface area (Å²) in [7, 11) is 0. The van der Waals surface area contributed by atoms with Crippen LogP contribution in [0.5, 0.6) is 5.75 Å². The van der Waals surface area contributed by atoms with Crippen LogP contribution in [0.2, 0.25) is 0 Å². The van der Waals surface area contributed by atoms with Gasteiger partial charge in [-0.25, -0.2) is 0 Å². The lowest BCUT2D eigenvalue weighted by Crippen LogP contribution is -2.11. The minimum atomic E-state index is -0.828. The molecular formula is C16H17NO4S. The third kappa shape index (κ3) is 4.60. The molecule has 1 heterocycles. The van der Waals surface area contributed by atoms with Gasteiger partial charge in [-0.2, -0.15) is 0 Å². The number of thiophene rings is 1.